The Kier molecular flexibility index (Phi) is 4.53. The van der Waals surface area contributed by atoms with Gasteiger partial charge >= 0.3 is 5.63 Å². The van der Waals surface area contributed by atoms with Gasteiger partial charge in [0.05, 0.1) is 4.88 Å². The number of benzene rings is 1. The Morgan fingerprint density at radius 1 is 1.13 bits per heavy atom. The van der Waals surface area contributed by atoms with Crippen LogP contribution in [0.25, 0.3) is 11.3 Å². The summed E-state index contributed by atoms with van der Waals surface area (Å²) in [6, 6.07) is 14.8. The van der Waals surface area contributed by atoms with Gasteiger partial charge in [0.15, 0.2) is 0 Å². The van der Waals surface area contributed by atoms with Crippen molar-refractivity contribution in [2.24, 2.45) is 0 Å². The van der Waals surface area contributed by atoms with E-state index >= 15 is 0 Å². The highest BCUT2D eigenvalue weighted by Crippen LogP contribution is 2.23. The van der Waals surface area contributed by atoms with Crippen LogP contribution in [0.15, 0.2) is 63.1 Å². The lowest BCUT2D eigenvalue weighted by Gasteiger charge is -2.08. The molecular weight excluding hydrogens is 308 g/mol. The van der Waals surface area contributed by atoms with E-state index in [2.05, 4.69) is 0 Å². The van der Waals surface area contributed by atoms with Crippen molar-refractivity contribution in [1.29, 1.82) is 0 Å². The van der Waals surface area contributed by atoms with Gasteiger partial charge in [-0.05, 0) is 29.5 Å². The maximum atomic E-state index is 12.6. The molecule has 0 spiro atoms. The summed E-state index contributed by atoms with van der Waals surface area (Å²) in [7, 11) is 0. The van der Waals surface area contributed by atoms with Crippen molar-refractivity contribution in [2.45, 2.75) is 19.8 Å². The van der Waals surface area contributed by atoms with Crippen molar-refractivity contribution in [3.8, 4) is 11.3 Å². The number of carbonyl (C=O) groups is 1. The third kappa shape index (κ3) is 3.17. The van der Waals surface area contributed by atoms with Crippen molar-refractivity contribution >= 4 is 17.1 Å². The molecule has 3 rings (SSSR count). The number of thiophene rings is 1. The second kappa shape index (κ2) is 6.75. The van der Waals surface area contributed by atoms with E-state index in [9.17, 15) is 9.59 Å². The Balaban J connectivity index is 2.14. The smallest absolute Gasteiger partial charge is 0.347 e. The van der Waals surface area contributed by atoms with Crippen molar-refractivity contribution < 1.29 is 9.21 Å². The normalized spacial score (nSPS) is 10.7. The van der Waals surface area contributed by atoms with Crippen LogP contribution in [0.3, 0.4) is 0 Å². The molecule has 116 valence electrons. The summed E-state index contributed by atoms with van der Waals surface area (Å²) in [5.74, 6) is 0.249. The van der Waals surface area contributed by atoms with Crippen LogP contribution in [0.1, 0.15) is 34.1 Å². The van der Waals surface area contributed by atoms with Gasteiger partial charge in [0, 0.05) is 5.56 Å². The average molecular weight is 324 g/mol. The zero-order valence-corrected chi connectivity index (χ0v) is 13.6. The van der Waals surface area contributed by atoms with Crippen molar-refractivity contribution in [1.82, 2.24) is 0 Å². The molecule has 2 aromatic heterocycles. The van der Waals surface area contributed by atoms with Crippen molar-refractivity contribution in [3.63, 3.8) is 0 Å². The molecule has 0 saturated carbocycles. The number of aryl methyl sites for hydroxylation is 1. The summed E-state index contributed by atoms with van der Waals surface area (Å²) < 4.78 is 5.43. The number of ketones is 1. The van der Waals surface area contributed by atoms with Crippen LogP contribution in [-0.4, -0.2) is 5.78 Å². The fourth-order valence-electron chi connectivity index (χ4n) is 2.52. The molecule has 0 saturated heterocycles. The third-order valence-corrected chi connectivity index (χ3v) is 4.45. The molecule has 23 heavy (non-hydrogen) atoms. The van der Waals surface area contributed by atoms with Crippen LogP contribution in [0, 0.1) is 0 Å². The molecule has 0 aliphatic carbocycles. The Morgan fingerprint density at radius 2 is 1.91 bits per heavy atom. The topological polar surface area (TPSA) is 47.3 Å². The lowest BCUT2D eigenvalue weighted by atomic mass is 9.99. The van der Waals surface area contributed by atoms with Crippen LogP contribution in [0.5, 0.6) is 0 Å². The molecule has 0 fully saturated rings. The first-order valence-corrected chi connectivity index (χ1v) is 8.39. The minimum atomic E-state index is -0.562. The highest BCUT2D eigenvalue weighted by Gasteiger charge is 2.21. The van der Waals surface area contributed by atoms with Crippen LogP contribution in [0.4, 0.5) is 0 Å². The van der Waals surface area contributed by atoms with Gasteiger partial charge in [-0.1, -0.05) is 49.7 Å². The molecular formula is C19H16O3S. The molecule has 4 heteroatoms. The van der Waals surface area contributed by atoms with E-state index in [1.807, 2.05) is 48.7 Å². The predicted octanol–water partition coefficient (Wildman–Crippen LogP) is 4.55. The number of carbonyl (C=O) groups excluding carboxylic acids is 1. The largest absolute Gasteiger partial charge is 0.422 e. The molecule has 0 atom stereocenters. The molecule has 3 nitrogen and oxygen atoms in total. The van der Waals surface area contributed by atoms with Crippen LogP contribution in [-0.2, 0) is 6.42 Å². The molecule has 1 aromatic carbocycles. The number of rotatable bonds is 5. The first-order chi connectivity index (χ1) is 11.2. The molecule has 3 aromatic rings. The Morgan fingerprint density at radius 3 is 2.57 bits per heavy atom. The first kappa shape index (κ1) is 15.4. The molecule has 0 radical (unpaired) electrons. The van der Waals surface area contributed by atoms with Crippen molar-refractivity contribution in [3.05, 3.63) is 80.3 Å². The van der Waals surface area contributed by atoms with E-state index < -0.39 is 5.63 Å². The van der Waals surface area contributed by atoms with E-state index in [1.54, 1.807) is 12.1 Å². The van der Waals surface area contributed by atoms with Crippen LogP contribution < -0.4 is 5.63 Å². The van der Waals surface area contributed by atoms with Gasteiger partial charge in [-0.2, -0.15) is 0 Å². The first-order valence-electron chi connectivity index (χ1n) is 7.51. The van der Waals surface area contributed by atoms with Crippen molar-refractivity contribution in [2.75, 3.05) is 0 Å². The lowest BCUT2D eigenvalue weighted by Crippen LogP contribution is -2.18. The summed E-state index contributed by atoms with van der Waals surface area (Å²) >= 11 is 1.33. The van der Waals surface area contributed by atoms with Crippen LogP contribution >= 0.6 is 11.3 Å². The molecule has 0 aliphatic heterocycles. The Hall–Kier alpha value is -2.46. The summed E-state index contributed by atoms with van der Waals surface area (Å²) in [5.41, 5.74) is 1.18. The maximum Gasteiger partial charge on any atom is 0.347 e. The van der Waals surface area contributed by atoms with Gasteiger partial charge < -0.3 is 4.42 Å². The fourth-order valence-corrected chi connectivity index (χ4v) is 3.19. The zero-order valence-electron chi connectivity index (χ0n) is 12.7. The van der Waals surface area contributed by atoms with Gasteiger partial charge in [0.1, 0.15) is 11.3 Å². The van der Waals surface area contributed by atoms with Gasteiger partial charge in [-0.15, -0.1) is 11.3 Å². The van der Waals surface area contributed by atoms with E-state index in [4.69, 9.17) is 4.42 Å². The number of hydrogen-bond donors (Lipinski definition) is 0. The molecule has 0 bridgehead atoms. The maximum absolute atomic E-state index is 12.6. The zero-order chi connectivity index (χ0) is 16.2. The highest BCUT2D eigenvalue weighted by atomic mass is 32.1. The van der Waals surface area contributed by atoms with E-state index in [1.165, 1.54) is 11.3 Å². The second-order valence-electron chi connectivity index (χ2n) is 5.22. The fraction of sp³-hybridized carbons (Fsp3) is 0.158. The Labute approximate surface area is 138 Å². The van der Waals surface area contributed by atoms with Gasteiger partial charge in [0.25, 0.3) is 0 Å². The lowest BCUT2D eigenvalue weighted by molar-refractivity contribution is 0.103. The Bertz CT molecular complexity index is 861. The third-order valence-electron chi connectivity index (χ3n) is 3.58. The van der Waals surface area contributed by atoms with E-state index in [0.717, 1.165) is 17.5 Å². The molecule has 0 amide bonds. The number of hydrogen-bond acceptors (Lipinski definition) is 4. The van der Waals surface area contributed by atoms with E-state index in [0.29, 0.717) is 17.1 Å². The second-order valence-corrected chi connectivity index (χ2v) is 6.17. The quantitative estimate of drug-likeness (QED) is 0.647. The molecule has 0 aliphatic rings. The standard InChI is InChI=1S/C19H16O3S/c1-2-7-14-12-15(13-8-4-3-5-9-13)22-19(21)17(14)18(20)16-10-6-11-23-16/h3-6,8-12H,2,7H2,1H3. The molecule has 0 unspecified atom stereocenters. The van der Waals surface area contributed by atoms with Gasteiger partial charge in [0.2, 0.25) is 5.78 Å². The monoisotopic (exact) mass is 324 g/mol. The van der Waals surface area contributed by atoms with Crippen LogP contribution in [0.2, 0.25) is 0 Å². The molecule has 2 heterocycles. The minimum absolute atomic E-state index is 0.161. The molecule has 0 N–H and O–H groups in total. The summed E-state index contributed by atoms with van der Waals surface area (Å²) in [6.45, 7) is 2.02. The summed E-state index contributed by atoms with van der Waals surface area (Å²) in [6.07, 6.45) is 1.51. The average Bonchev–Trinajstić information content (AvgIpc) is 3.10. The SMILES string of the molecule is CCCc1cc(-c2ccccc2)oc(=O)c1C(=O)c1cccs1. The summed E-state index contributed by atoms with van der Waals surface area (Å²) in [4.78, 5) is 25.6. The van der Waals surface area contributed by atoms with E-state index in [-0.39, 0.29) is 11.3 Å². The predicted molar refractivity (Wildman–Crippen MR) is 92.2 cm³/mol. The van der Waals surface area contributed by atoms with Gasteiger partial charge in [-0.25, -0.2) is 4.79 Å². The minimum Gasteiger partial charge on any atom is -0.422 e. The summed E-state index contributed by atoms with van der Waals surface area (Å²) in [5, 5.41) is 1.83. The highest BCUT2D eigenvalue weighted by molar-refractivity contribution is 7.12. The van der Waals surface area contributed by atoms with Gasteiger partial charge in [-0.3, -0.25) is 4.79 Å².